The monoisotopic (exact) mass is 373 g/mol. The summed E-state index contributed by atoms with van der Waals surface area (Å²) in [5.74, 6) is 0.832. The highest BCUT2D eigenvalue weighted by molar-refractivity contribution is 7.18. The van der Waals surface area contributed by atoms with Crippen molar-refractivity contribution in [2.24, 2.45) is 0 Å². The summed E-state index contributed by atoms with van der Waals surface area (Å²) in [5.41, 5.74) is 2.58. The fourth-order valence-electron chi connectivity index (χ4n) is 3.13. The van der Waals surface area contributed by atoms with Crippen LogP contribution in [0.3, 0.4) is 0 Å². The number of nitrogens with one attached hydrogen (secondary N) is 1. The molecule has 0 aliphatic heterocycles. The smallest absolute Gasteiger partial charge is 0.205 e. The lowest BCUT2D eigenvalue weighted by Gasteiger charge is -2.04. The van der Waals surface area contributed by atoms with Crippen molar-refractivity contribution in [3.63, 3.8) is 0 Å². The molecule has 0 atom stereocenters. The Kier molecular flexibility index (Phi) is 4.65. The molecule has 0 amide bonds. The predicted molar refractivity (Wildman–Crippen MR) is 113 cm³/mol. The van der Waals surface area contributed by atoms with Gasteiger partial charge in [0.25, 0.3) is 0 Å². The van der Waals surface area contributed by atoms with Crippen molar-refractivity contribution in [3.8, 4) is 16.2 Å². The molecule has 4 heteroatoms. The predicted octanol–water partition coefficient (Wildman–Crippen LogP) is 5.85. The van der Waals surface area contributed by atoms with E-state index >= 15 is 0 Å². The first-order valence-electron chi connectivity index (χ1n) is 8.69. The van der Waals surface area contributed by atoms with Crippen molar-refractivity contribution in [3.05, 3.63) is 83.2 Å². The number of ether oxygens (including phenoxy) is 1. The summed E-state index contributed by atoms with van der Waals surface area (Å²) in [6, 6.07) is 23.8. The molecule has 0 unspecified atom stereocenters. The number of hydrogen-bond acceptors (Lipinski definition) is 4. The Balaban J connectivity index is 1.75. The van der Waals surface area contributed by atoms with Crippen molar-refractivity contribution in [2.45, 2.75) is 0 Å². The molecular weight excluding hydrogens is 354 g/mol. The van der Waals surface area contributed by atoms with E-state index in [1.165, 1.54) is 11.3 Å². The number of thiophene rings is 1. The van der Waals surface area contributed by atoms with Gasteiger partial charge in [-0.05, 0) is 40.6 Å². The highest BCUT2D eigenvalue weighted by Gasteiger charge is 2.18. The number of anilines is 1. The van der Waals surface area contributed by atoms with Crippen LogP contribution in [0.4, 0.5) is 5.69 Å². The molecule has 1 heterocycles. The van der Waals surface area contributed by atoms with Crippen molar-refractivity contribution in [2.75, 3.05) is 19.5 Å². The normalized spacial score (nSPS) is 10.7. The maximum absolute atomic E-state index is 13.2. The molecule has 0 spiro atoms. The Morgan fingerprint density at radius 3 is 2.52 bits per heavy atom. The summed E-state index contributed by atoms with van der Waals surface area (Å²) < 4.78 is 5.32. The van der Waals surface area contributed by atoms with Gasteiger partial charge in [-0.25, -0.2) is 0 Å². The average molecular weight is 373 g/mol. The number of carbonyl (C=O) groups excluding carboxylic acids is 1. The highest BCUT2D eigenvalue weighted by Crippen LogP contribution is 2.37. The number of methoxy groups -OCH3 is 1. The standard InChI is InChI=1S/C23H19NO2S/c1-24-20-14-21(17-8-5-9-19(13-17)26-2)27-23(20)22(25)18-11-10-15-6-3-4-7-16(15)12-18/h3-14,24H,1-2H3. The van der Waals surface area contributed by atoms with Gasteiger partial charge in [-0.15, -0.1) is 11.3 Å². The third-order valence-electron chi connectivity index (χ3n) is 4.57. The number of benzene rings is 3. The minimum atomic E-state index is 0.0317. The molecule has 0 saturated carbocycles. The number of fused-ring (bicyclic) bond motifs is 1. The minimum Gasteiger partial charge on any atom is -0.497 e. The summed E-state index contributed by atoms with van der Waals surface area (Å²) in [4.78, 5) is 14.9. The molecule has 0 saturated heterocycles. The molecule has 0 aliphatic carbocycles. The van der Waals surface area contributed by atoms with E-state index in [0.717, 1.165) is 32.6 Å². The molecule has 0 radical (unpaired) electrons. The summed E-state index contributed by atoms with van der Waals surface area (Å²) in [7, 11) is 3.50. The van der Waals surface area contributed by atoms with Crippen LogP contribution < -0.4 is 10.1 Å². The Hall–Kier alpha value is -3.11. The van der Waals surface area contributed by atoms with E-state index in [0.29, 0.717) is 10.4 Å². The van der Waals surface area contributed by atoms with Gasteiger partial charge in [0.05, 0.1) is 17.7 Å². The Bertz CT molecular complexity index is 1130. The van der Waals surface area contributed by atoms with E-state index in [1.807, 2.05) is 73.8 Å². The first-order chi connectivity index (χ1) is 13.2. The molecule has 0 bridgehead atoms. The van der Waals surface area contributed by atoms with Gasteiger partial charge in [-0.2, -0.15) is 0 Å². The summed E-state index contributed by atoms with van der Waals surface area (Å²) >= 11 is 1.50. The van der Waals surface area contributed by atoms with Gasteiger partial charge in [0.1, 0.15) is 5.75 Å². The van der Waals surface area contributed by atoms with Crippen molar-refractivity contribution in [1.82, 2.24) is 0 Å². The first-order valence-corrected chi connectivity index (χ1v) is 9.51. The first kappa shape index (κ1) is 17.3. The molecule has 4 rings (SSSR count). The fraction of sp³-hybridized carbons (Fsp3) is 0.0870. The molecule has 4 aromatic rings. The molecular formula is C23H19NO2S. The van der Waals surface area contributed by atoms with Gasteiger partial charge in [0.15, 0.2) is 0 Å². The lowest BCUT2D eigenvalue weighted by atomic mass is 10.0. The van der Waals surface area contributed by atoms with Crippen LogP contribution >= 0.6 is 11.3 Å². The van der Waals surface area contributed by atoms with E-state index in [-0.39, 0.29) is 5.78 Å². The summed E-state index contributed by atoms with van der Waals surface area (Å²) in [6.45, 7) is 0. The van der Waals surface area contributed by atoms with E-state index in [9.17, 15) is 4.79 Å². The van der Waals surface area contributed by atoms with Gasteiger partial charge in [0, 0.05) is 17.5 Å². The number of rotatable bonds is 5. The molecule has 3 nitrogen and oxygen atoms in total. The Labute approximate surface area is 162 Å². The maximum atomic E-state index is 13.2. The summed E-state index contributed by atoms with van der Waals surface area (Å²) in [6.07, 6.45) is 0. The number of hydrogen-bond donors (Lipinski definition) is 1. The second kappa shape index (κ2) is 7.25. The quantitative estimate of drug-likeness (QED) is 0.446. The fourth-order valence-corrected chi connectivity index (χ4v) is 4.25. The van der Waals surface area contributed by atoms with Gasteiger partial charge in [-0.1, -0.05) is 48.5 Å². The zero-order valence-corrected chi connectivity index (χ0v) is 16.0. The van der Waals surface area contributed by atoms with Crippen LogP contribution in [-0.4, -0.2) is 19.9 Å². The molecule has 134 valence electrons. The van der Waals surface area contributed by atoms with Gasteiger partial charge >= 0.3 is 0 Å². The van der Waals surface area contributed by atoms with E-state index in [2.05, 4.69) is 11.4 Å². The Morgan fingerprint density at radius 1 is 0.926 bits per heavy atom. The lowest BCUT2D eigenvalue weighted by molar-refractivity contribution is 0.104. The SMILES string of the molecule is CNc1cc(-c2cccc(OC)c2)sc1C(=O)c1ccc2ccccc2c1. The topological polar surface area (TPSA) is 38.3 Å². The Morgan fingerprint density at radius 2 is 1.74 bits per heavy atom. The second-order valence-corrected chi connectivity index (χ2v) is 7.28. The van der Waals surface area contributed by atoms with Crippen LogP contribution in [0.15, 0.2) is 72.8 Å². The van der Waals surface area contributed by atoms with Crippen LogP contribution in [-0.2, 0) is 0 Å². The van der Waals surface area contributed by atoms with Crippen molar-refractivity contribution >= 4 is 33.6 Å². The van der Waals surface area contributed by atoms with E-state index in [4.69, 9.17) is 4.74 Å². The third-order valence-corrected chi connectivity index (χ3v) is 5.76. The molecule has 3 aromatic carbocycles. The van der Waals surface area contributed by atoms with Gasteiger partial charge < -0.3 is 10.1 Å². The van der Waals surface area contributed by atoms with Gasteiger partial charge in [0.2, 0.25) is 5.78 Å². The molecule has 27 heavy (non-hydrogen) atoms. The van der Waals surface area contributed by atoms with Crippen LogP contribution in [0.1, 0.15) is 15.2 Å². The van der Waals surface area contributed by atoms with Crippen molar-refractivity contribution < 1.29 is 9.53 Å². The van der Waals surface area contributed by atoms with Crippen LogP contribution in [0.2, 0.25) is 0 Å². The van der Waals surface area contributed by atoms with E-state index < -0.39 is 0 Å². The van der Waals surface area contributed by atoms with Crippen molar-refractivity contribution in [1.29, 1.82) is 0 Å². The highest BCUT2D eigenvalue weighted by atomic mass is 32.1. The zero-order chi connectivity index (χ0) is 18.8. The lowest BCUT2D eigenvalue weighted by Crippen LogP contribution is -2.02. The molecule has 0 fully saturated rings. The second-order valence-electron chi connectivity index (χ2n) is 6.23. The third kappa shape index (κ3) is 3.32. The van der Waals surface area contributed by atoms with Crippen LogP contribution in [0, 0.1) is 0 Å². The summed E-state index contributed by atoms with van der Waals surface area (Å²) in [5, 5.41) is 5.36. The maximum Gasteiger partial charge on any atom is 0.205 e. The van der Waals surface area contributed by atoms with Crippen LogP contribution in [0.25, 0.3) is 21.2 Å². The molecule has 1 aromatic heterocycles. The largest absolute Gasteiger partial charge is 0.497 e. The minimum absolute atomic E-state index is 0.0317. The number of carbonyl (C=O) groups is 1. The van der Waals surface area contributed by atoms with Crippen LogP contribution in [0.5, 0.6) is 5.75 Å². The molecule has 1 N–H and O–H groups in total. The number of ketones is 1. The molecule has 0 aliphatic rings. The van der Waals surface area contributed by atoms with Gasteiger partial charge in [-0.3, -0.25) is 4.79 Å². The zero-order valence-electron chi connectivity index (χ0n) is 15.2. The average Bonchev–Trinajstić information content (AvgIpc) is 3.17. The van der Waals surface area contributed by atoms with E-state index in [1.54, 1.807) is 7.11 Å².